The van der Waals surface area contributed by atoms with Gasteiger partial charge in [0, 0.05) is 37.3 Å². The second kappa shape index (κ2) is 7.11. The number of hydrogen-bond donors (Lipinski definition) is 2. The second-order valence-electron chi connectivity index (χ2n) is 9.43. The van der Waals surface area contributed by atoms with E-state index in [0.29, 0.717) is 12.1 Å². The molecule has 2 aromatic carbocycles. The Hall–Kier alpha value is -3.30. The molecule has 6 nitrogen and oxygen atoms in total. The maximum Gasteiger partial charge on any atom is 0.416 e. The normalized spacial score (nSPS) is 30.7. The molecule has 1 saturated carbocycles. The molecule has 2 aliphatic heterocycles. The third-order valence-electron chi connectivity index (χ3n) is 7.79. The van der Waals surface area contributed by atoms with Crippen LogP contribution in [0.3, 0.4) is 0 Å². The number of aromatic nitrogens is 1. The van der Waals surface area contributed by atoms with Gasteiger partial charge < -0.3 is 24.6 Å². The fourth-order valence-corrected chi connectivity index (χ4v) is 6.35. The summed E-state index contributed by atoms with van der Waals surface area (Å²) >= 11 is 0. The van der Waals surface area contributed by atoms with Gasteiger partial charge in [-0.2, -0.15) is 13.2 Å². The number of aliphatic hydroxyl groups is 2. The predicted molar refractivity (Wildman–Crippen MR) is 120 cm³/mol. The highest BCUT2D eigenvalue weighted by Gasteiger charge is 2.77. The van der Waals surface area contributed by atoms with Crippen molar-refractivity contribution in [1.29, 1.82) is 0 Å². The third-order valence-corrected chi connectivity index (χ3v) is 7.79. The molecule has 0 radical (unpaired) electrons. The van der Waals surface area contributed by atoms with Gasteiger partial charge >= 0.3 is 6.18 Å². The van der Waals surface area contributed by atoms with Gasteiger partial charge in [0.15, 0.2) is 11.2 Å². The first-order valence-corrected chi connectivity index (χ1v) is 11.2. The number of rotatable bonds is 2. The SMILES string of the molecule is COc1nccc2c1[C@]1(O)[C@H](O)[C@@H]3CN(C)c4cccc(c4)[C@H]3[C@]1(c1ccc(C(F)(F)F)cc1)O2. The van der Waals surface area contributed by atoms with Crippen LogP contribution >= 0.6 is 0 Å². The van der Waals surface area contributed by atoms with E-state index in [4.69, 9.17) is 9.47 Å². The van der Waals surface area contributed by atoms with Gasteiger partial charge in [0.25, 0.3) is 0 Å². The number of methoxy groups -OCH3 is 1. The molecule has 2 bridgehead atoms. The van der Waals surface area contributed by atoms with Crippen LogP contribution in [-0.2, 0) is 17.4 Å². The molecular formula is C26H23F3N2O4. The molecule has 182 valence electrons. The number of pyridine rings is 1. The Morgan fingerprint density at radius 2 is 1.89 bits per heavy atom. The summed E-state index contributed by atoms with van der Waals surface area (Å²) in [5, 5.41) is 24.3. The van der Waals surface area contributed by atoms with E-state index in [-0.39, 0.29) is 17.2 Å². The number of halogens is 3. The highest BCUT2D eigenvalue weighted by atomic mass is 19.4. The Morgan fingerprint density at radius 3 is 2.57 bits per heavy atom. The van der Waals surface area contributed by atoms with E-state index in [9.17, 15) is 23.4 Å². The van der Waals surface area contributed by atoms with Crippen molar-refractivity contribution in [2.75, 3.05) is 25.6 Å². The maximum atomic E-state index is 13.4. The number of alkyl halides is 3. The van der Waals surface area contributed by atoms with Crippen LogP contribution in [0.4, 0.5) is 18.9 Å². The van der Waals surface area contributed by atoms with Crippen LogP contribution in [0.25, 0.3) is 0 Å². The Kier molecular flexibility index (Phi) is 4.51. The van der Waals surface area contributed by atoms with Crippen LogP contribution in [0.1, 0.15) is 28.2 Å². The second-order valence-corrected chi connectivity index (χ2v) is 9.43. The number of nitrogens with zero attached hydrogens (tertiary/aromatic N) is 2. The van der Waals surface area contributed by atoms with E-state index < -0.39 is 40.9 Å². The first-order chi connectivity index (χ1) is 16.6. The molecule has 0 unspecified atom stereocenters. The van der Waals surface area contributed by atoms with E-state index in [1.54, 1.807) is 6.07 Å². The molecule has 1 aliphatic carbocycles. The molecule has 0 amide bonds. The summed E-state index contributed by atoms with van der Waals surface area (Å²) < 4.78 is 52.1. The lowest BCUT2D eigenvalue weighted by atomic mass is 9.71. The van der Waals surface area contributed by atoms with Crippen LogP contribution in [0.2, 0.25) is 0 Å². The van der Waals surface area contributed by atoms with Crippen molar-refractivity contribution in [3.05, 3.63) is 83.0 Å². The van der Waals surface area contributed by atoms with Gasteiger partial charge in [-0.3, -0.25) is 0 Å². The van der Waals surface area contributed by atoms with E-state index in [0.717, 1.165) is 23.4 Å². The molecule has 3 aliphatic rings. The van der Waals surface area contributed by atoms with Gasteiger partial charge in [0.1, 0.15) is 5.75 Å². The Morgan fingerprint density at radius 1 is 1.14 bits per heavy atom. The van der Waals surface area contributed by atoms with Gasteiger partial charge in [0.05, 0.1) is 24.3 Å². The van der Waals surface area contributed by atoms with E-state index in [1.165, 1.54) is 25.4 Å². The van der Waals surface area contributed by atoms with Crippen molar-refractivity contribution in [1.82, 2.24) is 4.98 Å². The minimum atomic E-state index is -4.52. The van der Waals surface area contributed by atoms with Crippen LogP contribution in [0, 0.1) is 5.92 Å². The third kappa shape index (κ3) is 2.70. The van der Waals surface area contributed by atoms with Crippen molar-refractivity contribution >= 4 is 5.69 Å². The molecule has 2 N–H and O–H groups in total. The largest absolute Gasteiger partial charge is 0.481 e. The summed E-state index contributed by atoms with van der Waals surface area (Å²) in [6.07, 6.45) is -4.38. The van der Waals surface area contributed by atoms with Crippen molar-refractivity contribution in [3.8, 4) is 11.6 Å². The van der Waals surface area contributed by atoms with Crippen molar-refractivity contribution in [2.24, 2.45) is 5.92 Å². The highest BCUT2D eigenvalue weighted by Crippen LogP contribution is 2.70. The average molecular weight is 484 g/mol. The number of hydrogen-bond acceptors (Lipinski definition) is 6. The topological polar surface area (TPSA) is 75.0 Å². The maximum absolute atomic E-state index is 13.4. The molecule has 1 aromatic heterocycles. The summed E-state index contributed by atoms with van der Waals surface area (Å²) in [6.45, 7) is 0.394. The summed E-state index contributed by atoms with van der Waals surface area (Å²) in [7, 11) is 3.30. The lowest BCUT2D eigenvalue weighted by Gasteiger charge is -2.40. The van der Waals surface area contributed by atoms with Gasteiger partial charge in [-0.15, -0.1) is 0 Å². The minimum absolute atomic E-state index is 0.0939. The Balaban J connectivity index is 1.66. The summed E-state index contributed by atoms with van der Waals surface area (Å²) in [5.74, 6) is -0.728. The quantitative estimate of drug-likeness (QED) is 0.577. The van der Waals surface area contributed by atoms with Crippen molar-refractivity contribution in [3.63, 3.8) is 0 Å². The molecular weight excluding hydrogens is 461 g/mol. The highest BCUT2D eigenvalue weighted by molar-refractivity contribution is 5.61. The van der Waals surface area contributed by atoms with Gasteiger partial charge in [-0.1, -0.05) is 24.3 Å². The Labute approximate surface area is 199 Å². The number of aliphatic hydroxyl groups excluding tert-OH is 1. The fourth-order valence-electron chi connectivity index (χ4n) is 6.35. The predicted octanol–water partition coefficient (Wildman–Crippen LogP) is 3.81. The van der Waals surface area contributed by atoms with Crippen LogP contribution in [0.5, 0.6) is 11.6 Å². The lowest BCUT2D eigenvalue weighted by molar-refractivity contribution is -0.152. The van der Waals surface area contributed by atoms with Crippen molar-refractivity contribution in [2.45, 2.75) is 29.4 Å². The van der Waals surface area contributed by atoms with Crippen LogP contribution in [0.15, 0.2) is 60.8 Å². The number of benzene rings is 2. The molecule has 3 heterocycles. The van der Waals surface area contributed by atoms with Gasteiger partial charge in [-0.25, -0.2) is 4.98 Å². The summed E-state index contributed by atoms with van der Waals surface area (Å²) in [5.41, 5.74) is -2.20. The van der Waals surface area contributed by atoms with Gasteiger partial charge in [0.2, 0.25) is 5.88 Å². The molecule has 1 fully saturated rings. The monoisotopic (exact) mass is 484 g/mol. The zero-order chi connectivity index (χ0) is 24.8. The molecule has 5 atom stereocenters. The van der Waals surface area contributed by atoms with Crippen molar-refractivity contribution < 1.29 is 32.9 Å². The number of ether oxygens (including phenoxy) is 2. The Bertz CT molecular complexity index is 1310. The summed E-state index contributed by atoms with van der Waals surface area (Å²) in [6, 6.07) is 13.9. The van der Waals surface area contributed by atoms with E-state index in [2.05, 4.69) is 4.98 Å². The molecule has 0 saturated heterocycles. The lowest BCUT2D eigenvalue weighted by Crippen LogP contribution is -2.52. The first-order valence-electron chi connectivity index (χ1n) is 11.2. The summed E-state index contributed by atoms with van der Waals surface area (Å²) in [4.78, 5) is 6.21. The molecule has 3 aromatic rings. The molecule has 35 heavy (non-hydrogen) atoms. The number of fused-ring (bicyclic) bond motifs is 8. The minimum Gasteiger partial charge on any atom is -0.481 e. The zero-order valence-electron chi connectivity index (χ0n) is 19.0. The van der Waals surface area contributed by atoms with E-state index >= 15 is 0 Å². The molecule has 6 rings (SSSR count). The van der Waals surface area contributed by atoms with Crippen LogP contribution < -0.4 is 14.4 Å². The zero-order valence-corrected chi connectivity index (χ0v) is 19.0. The van der Waals surface area contributed by atoms with E-state index in [1.807, 2.05) is 36.2 Å². The number of anilines is 1. The molecule has 0 spiro atoms. The first kappa shape index (κ1) is 22.2. The van der Waals surface area contributed by atoms with Gasteiger partial charge in [-0.05, 0) is 41.5 Å². The fraction of sp³-hybridized carbons (Fsp3) is 0.346. The average Bonchev–Trinajstić information content (AvgIpc) is 3.18. The molecule has 9 heteroatoms. The van der Waals surface area contributed by atoms with Crippen LogP contribution in [-0.4, -0.2) is 42.0 Å². The standard InChI is InChI=1S/C26H23F3N2O4/c1-31-13-18-20(14-4-3-5-17(31)12-14)25(15-6-8-16(9-7-15)26(27,28)29)24(33,22(18)32)21-19(35-25)10-11-30-23(21)34-2/h3-12,18,20,22,32-33H,13H2,1-2H3/t18-,20-,22-,24+,25+/m1/s1. The smallest absolute Gasteiger partial charge is 0.416 e.